The molecule has 1 aliphatic rings. The van der Waals surface area contributed by atoms with Crippen molar-refractivity contribution in [3.63, 3.8) is 0 Å². The lowest BCUT2D eigenvalue weighted by Crippen LogP contribution is -2.45. The molecule has 24 heavy (non-hydrogen) atoms. The first-order chi connectivity index (χ1) is 11.4. The summed E-state index contributed by atoms with van der Waals surface area (Å²) in [5, 5.41) is 12.7. The second-order valence-electron chi connectivity index (χ2n) is 6.25. The van der Waals surface area contributed by atoms with Crippen LogP contribution in [-0.4, -0.2) is 56.4 Å². The van der Waals surface area contributed by atoms with E-state index in [4.69, 9.17) is 9.47 Å². The molecule has 0 spiro atoms. The molecule has 2 N–H and O–H groups in total. The number of anilines is 1. The molecule has 0 unspecified atom stereocenters. The minimum Gasteiger partial charge on any atom is -0.497 e. The molecule has 7 nitrogen and oxygen atoms in total. The van der Waals surface area contributed by atoms with E-state index in [0.717, 1.165) is 0 Å². The molecule has 1 fully saturated rings. The van der Waals surface area contributed by atoms with Crippen LogP contribution in [0.1, 0.15) is 13.3 Å². The Bertz CT molecular complexity index is 602. The second-order valence-corrected chi connectivity index (χ2v) is 6.25. The van der Waals surface area contributed by atoms with Gasteiger partial charge in [0.1, 0.15) is 11.4 Å². The molecular formula is C17H24N2O5. The van der Waals surface area contributed by atoms with E-state index in [9.17, 15) is 14.7 Å². The average molecular weight is 336 g/mol. The standard InChI is InChI=1S/C17H24N2O5/c1-17(22,11-23-2)10-18-16(21)12-7-15(20)19(9-12)13-5-4-6-14(8-13)24-3/h4-6,8,12,22H,7,9-11H2,1-3H3,(H,18,21)/t12-,17+/m1/s1. The predicted octanol–water partition coefficient (Wildman–Crippen LogP) is 0.562. The fourth-order valence-corrected chi connectivity index (χ4v) is 2.69. The molecule has 2 rings (SSSR count). The molecule has 2 amide bonds. The van der Waals surface area contributed by atoms with Crippen molar-refractivity contribution in [2.75, 3.05) is 38.8 Å². The van der Waals surface area contributed by atoms with E-state index in [-0.39, 0.29) is 31.4 Å². The number of ether oxygens (including phenoxy) is 2. The predicted molar refractivity (Wildman–Crippen MR) is 89.0 cm³/mol. The van der Waals surface area contributed by atoms with Gasteiger partial charge in [0.25, 0.3) is 0 Å². The maximum absolute atomic E-state index is 12.3. The zero-order valence-electron chi connectivity index (χ0n) is 14.2. The third kappa shape index (κ3) is 4.46. The SMILES string of the molecule is COC[C@@](C)(O)CNC(=O)[C@@H]1CC(=O)N(c2cccc(OC)c2)C1. The summed E-state index contributed by atoms with van der Waals surface area (Å²) in [6.07, 6.45) is 0.148. The van der Waals surface area contributed by atoms with Gasteiger partial charge < -0.3 is 24.8 Å². The molecule has 0 aliphatic carbocycles. The molecule has 1 aliphatic heterocycles. The Morgan fingerprint density at radius 3 is 2.88 bits per heavy atom. The summed E-state index contributed by atoms with van der Waals surface area (Å²) in [7, 11) is 3.05. The van der Waals surface area contributed by atoms with E-state index in [1.807, 2.05) is 6.07 Å². The number of nitrogens with zero attached hydrogens (tertiary/aromatic N) is 1. The largest absolute Gasteiger partial charge is 0.497 e. The van der Waals surface area contributed by atoms with Crippen molar-refractivity contribution in [2.24, 2.45) is 5.92 Å². The highest BCUT2D eigenvalue weighted by atomic mass is 16.5. The van der Waals surface area contributed by atoms with Gasteiger partial charge in [0.15, 0.2) is 0 Å². The smallest absolute Gasteiger partial charge is 0.227 e. The van der Waals surface area contributed by atoms with Crippen molar-refractivity contribution in [1.29, 1.82) is 0 Å². The van der Waals surface area contributed by atoms with Gasteiger partial charge in [-0.05, 0) is 19.1 Å². The molecule has 1 saturated heterocycles. The van der Waals surface area contributed by atoms with Gasteiger partial charge in [-0.1, -0.05) is 6.07 Å². The van der Waals surface area contributed by atoms with Crippen LogP contribution < -0.4 is 15.0 Å². The Labute approximate surface area is 141 Å². The van der Waals surface area contributed by atoms with Crippen molar-refractivity contribution >= 4 is 17.5 Å². The first kappa shape index (κ1) is 18.2. The first-order valence-electron chi connectivity index (χ1n) is 7.80. The van der Waals surface area contributed by atoms with Crippen LogP contribution in [0.3, 0.4) is 0 Å². The highest BCUT2D eigenvalue weighted by Gasteiger charge is 2.35. The van der Waals surface area contributed by atoms with Gasteiger partial charge in [-0.3, -0.25) is 9.59 Å². The summed E-state index contributed by atoms with van der Waals surface area (Å²) in [5.74, 6) is -0.136. The lowest BCUT2D eigenvalue weighted by atomic mass is 10.1. The summed E-state index contributed by atoms with van der Waals surface area (Å²) >= 11 is 0. The summed E-state index contributed by atoms with van der Waals surface area (Å²) in [6.45, 7) is 2.08. The summed E-state index contributed by atoms with van der Waals surface area (Å²) in [6, 6.07) is 7.18. The number of benzene rings is 1. The molecule has 1 aromatic rings. The monoisotopic (exact) mass is 336 g/mol. The average Bonchev–Trinajstić information content (AvgIpc) is 2.94. The maximum Gasteiger partial charge on any atom is 0.227 e. The van der Waals surface area contributed by atoms with Crippen LogP contribution in [0.4, 0.5) is 5.69 Å². The number of methoxy groups -OCH3 is 2. The fraction of sp³-hybridized carbons (Fsp3) is 0.529. The second kappa shape index (κ2) is 7.63. The van der Waals surface area contributed by atoms with Gasteiger partial charge in [-0.2, -0.15) is 0 Å². The van der Waals surface area contributed by atoms with E-state index < -0.39 is 11.5 Å². The zero-order valence-corrected chi connectivity index (χ0v) is 14.2. The van der Waals surface area contributed by atoms with Gasteiger partial charge in [0, 0.05) is 38.4 Å². The number of rotatable bonds is 7. The van der Waals surface area contributed by atoms with Crippen LogP contribution in [0.5, 0.6) is 5.75 Å². The summed E-state index contributed by atoms with van der Waals surface area (Å²) in [5.41, 5.74) is -0.430. The molecule has 0 saturated carbocycles. The number of carbonyl (C=O) groups excluding carboxylic acids is 2. The van der Waals surface area contributed by atoms with E-state index in [1.54, 1.807) is 37.1 Å². The Balaban J connectivity index is 1.97. The van der Waals surface area contributed by atoms with E-state index in [1.165, 1.54) is 7.11 Å². The lowest BCUT2D eigenvalue weighted by molar-refractivity contribution is -0.127. The highest BCUT2D eigenvalue weighted by Crippen LogP contribution is 2.28. The lowest BCUT2D eigenvalue weighted by Gasteiger charge is -2.23. The highest BCUT2D eigenvalue weighted by molar-refractivity contribution is 6.00. The van der Waals surface area contributed by atoms with Crippen LogP contribution in [0.2, 0.25) is 0 Å². The van der Waals surface area contributed by atoms with Gasteiger partial charge in [-0.25, -0.2) is 0 Å². The van der Waals surface area contributed by atoms with Crippen molar-refractivity contribution in [2.45, 2.75) is 18.9 Å². The Kier molecular flexibility index (Phi) is 5.80. The molecular weight excluding hydrogens is 312 g/mol. The van der Waals surface area contributed by atoms with Crippen LogP contribution >= 0.6 is 0 Å². The van der Waals surface area contributed by atoms with Gasteiger partial charge >= 0.3 is 0 Å². The molecule has 0 radical (unpaired) electrons. The first-order valence-corrected chi connectivity index (χ1v) is 7.80. The van der Waals surface area contributed by atoms with Gasteiger partial charge in [-0.15, -0.1) is 0 Å². The third-order valence-electron chi connectivity index (χ3n) is 3.96. The number of hydrogen-bond donors (Lipinski definition) is 2. The van der Waals surface area contributed by atoms with Crippen molar-refractivity contribution in [1.82, 2.24) is 5.32 Å². The molecule has 0 bridgehead atoms. The molecule has 7 heteroatoms. The minimum atomic E-state index is -1.14. The third-order valence-corrected chi connectivity index (χ3v) is 3.96. The molecule has 1 heterocycles. The van der Waals surface area contributed by atoms with E-state index in [0.29, 0.717) is 18.0 Å². The summed E-state index contributed by atoms with van der Waals surface area (Å²) < 4.78 is 10.1. The van der Waals surface area contributed by atoms with Crippen molar-refractivity contribution in [3.05, 3.63) is 24.3 Å². The maximum atomic E-state index is 12.3. The molecule has 132 valence electrons. The van der Waals surface area contributed by atoms with Crippen LogP contribution in [0.25, 0.3) is 0 Å². The number of hydrogen-bond acceptors (Lipinski definition) is 5. The Morgan fingerprint density at radius 1 is 1.46 bits per heavy atom. The van der Waals surface area contributed by atoms with Crippen molar-refractivity contribution < 1.29 is 24.2 Å². The zero-order chi connectivity index (χ0) is 17.7. The number of carbonyl (C=O) groups is 2. The van der Waals surface area contributed by atoms with Crippen LogP contribution in [0, 0.1) is 5.92 Å². The normalized spacial score (nSPS) is 19.9. The van der Waals surface area contributed by atoms with E-state index >= 15 is 0 Å². The van der Waals surface area contributed by atoms with Gasteiger partial charge in [0.2, 0.25) is 11.8 Å². The number of aliphatic hydroxyl groups is 1. The van der Waals surface area contributed by atoms with E-state index in [2.05, 4.69) is 5.32 Å². The molecule has 1 aromatic carbocycles. The molecule has 0 aromatic heterocycles. The van der Waals surface area contributed by atoms with Gasteiger partial charge in [0.05, 0.1) is 19.6 Å². The topological polar surface area (TPSA) is 88.1 Å². The number of amides is 2. The molecule has 2 atom stereocenters. The minimum absolute atomic E-state index is 0.0729. The number of nitrogens with one attached hydrogen (secondary N) is 1. The van der Waals surface area contributed by atoms with Crippen LogP contribution in [-0.2, 0) is 14.3 Å². The van der Waals surface area contributed by atoms with Crippen molar-refractivity contribution in [3.8, 4) is 5.75 Å². The Hall–Kier alpha value is -2.12. The Morgan fingerprint density at radius 2 is 2.21 bits per heavy atom. The quantitative estimate of drug-likeness (QED) is 0.760. The fourth-order valence-electron chi connectivity index (χ4n) is 2.69. The summed E-state index contributed by atoms with van der Waals surface area (Å²) in [4.78, 5) is 26.1. The van der Waals surface area contributed by atoms with Crippen LogP contribution in [0.15, 0.2) is 24.3 Å².